The highest BCUT2D eigenvalue weighted by molar-refractivity contribution is 7.22. The summed E-state index contributed by atoms with van der Waals surface area (Å²) in [4.78, 5) is 33.0. The number of carbonyl (C=O) groups is 2. The average molecular weight is 426 g/mol. The van der Waals surface area contributed by atoms with Gasteiger partial charge in [0.1, 0.15) is 5.75 Å². The molecule has 4 rings (SSSR count). The number of para-hydroxylation sites is 1. The van der Waals surface area contributed by atoms with E-state index >= 15 is 0 Å². The van der Waals surface area contributed by atoms with Crippen molar-refractivity contribution in [3.05, 3.63) is 48.5 Å². The average Bonchev–Trinajstić information content (AvgIpc) is 3.19. The van der Waals surface area contributed by atoms with Gasteiger partial charge in [-0.1, -0.05) is 29.5 Å². The molecule has 1 aromatic heterocycles. The Bertz CT molecular complexity index is 1030. The highest BCUT2D eigenvalue weighted by atomic mass is 32.1. The largest absolute Gasteiger partial charge is 0.497 e. The monoisotopic (exact) mass is 425 g/mol. The number of aromatic nitrogens is 1. The summed E-state index contributed by atoms with van der Waals surface area (Å²) in [5.74, 6) is 0.431. The normalized spacial score (nSPS) is 13.9. The highest BCUT2D eigenvalue weighted by Crippen LogP contribution is 2.29. The number of nitrogens with one attached hydrogen (secondary N) is 2. The van der Waals surface area contributed by atoms with Gasteiger partial charge in [-0.05, 0) is 30.3 Å². The predicted octanol–water partition coefficient (Wildman–Crippen LogP) is 2.78. The number of amides is 3. The van der Waals surface area contributed by atoms with Gasteiger partial charge in [0.25, 0.3) is 0 Å². The Labute approximate surface area is 178 Å². The lowest BCUT2D eigenvalue weighted by Crippen LogP contribution is -2.52. The van der Waals surface area contributed by atoms with Crippen molar-refractivity contribution in [3.63, 3.8) is 0 Å². The lowest BCUT2D eigenvalue weighted by Gasteiger charge is -2.36. The van der Waals surface area contributed by atoms with Crippen LogP contribution in [0.1, 0.15) is 0 Å². The second-order valence-electron chi connectivity index (χ2n) is 6.87. The van der Waals surface area contributed by atoms with Crippen LogP contribution in [0.2, 0.25) is 0 Å². The number of piperazine rings is 1. The van der Waals surface area contributed by atoms with Gasteiger partial charge < -0.3 is 25.2 Å². The fourth-order valence-electron chi connectivity index (χ4n) is 3.32. The van der Waals surface area contributed by atoms with Crippen LogP contribution in [-0.2, 0) is 4.79 Å². The zero-order chi connectivity index (χ0) is 20.9. The maximum atomic E-state index is 12.4. The Kier molecular flexibility index (Phi) is 5.99. The molecule has 30 heavy (non-hydrogen) atoms. The van der Waals surface area contributed by atoms with Gasteiger partial charge in [-0.2, -0.15) is 0 Å². The predicted molar refractivity (Wildman–Crippen MR) is 118 cm³/mol. The fraction of sp³-hybridized carbons (Fsp3) is 0.286. The minimum atomic E-state index is -0.308. The zero-order valence-electron chi connectivity index (χ0n) is 16.6. The summed E-state index contributed by atoms with van der Waals surface area (Å²) in [5.41, 5.74) is 1.95. The number of fused-ring (bicyclic) bond motifs is 1. The lowest BCUT2D eigenvalue weighted by atomic mass is 10.2. The molecule has 2 heterocycles. The van der Waals surface area contributed by atoms with Crippen molar-refractivity contribution in [1.82, 2.24) is 15.2 Å². The molecule has 1 saturated heterocycles. The molecule has 2 N–H and O–H groups in total. The molecule has 3 amide bonds. The number of ether oxygens (including phenoxy) is 1. The highest BCUT2D eigenvalue weighted by Gasteiger charge is 2.21. The van der Waals surface area contributed by atoms with Gasteiger partial charge in [0, 0.05) is 31.9 Å². The van der Waals surface area contributed by atoms with E-state index < -0.39 is 0 Å². The fourth-order valence-corrected chi connectivity index (χ4v) is 4.23. The van der Waals surface area contributed by atoms with Crippen molar-refractivity contribution >= 4 is 44.3 Å². The van der Waals surface area contributed by atoms with Crippen molar-refractivity contribution in [2.24, 2.45) is 0 Å². The molecule has 0 atom stereocenters. The van der Waals surface area contributed by atoms with Crippen LogP contribution >= 0.6 is 11.3 Å². The van der Waals surface area contributed by atoms with Crippen molar-refractivity contribution < 1.29 is 14.3 Å². The molecule has 156 valence electrons. The minimum Gasteiger partial charge on any atom is -0.497 e. The number of rotatable bonds is 5. The zero-order valence-corrected chi connectivity index (χ0v) is 17.4. The molecular formula is C21H23N5O3S. The molecule has 8 nitrogen and oxygen atoms in total. The van der Waals surface area contributed by atoms with Crippen LogP contribution in [0.4, 0.5) is 15.6 Å². The summed E-state index contributed by atoms with van der Waals surface area (Å²) in [7, 11) is 1.61. The number of anilines is 2. The number of urea groups is 1. The van der Waals surface area contributed by atoms with E-state index in [2.05, 4.69) is 32.7 Å². The van der Waals surface area contributed by atoms with Crippen molar-refractivity contribution in [2.45, 2.75) is 0 Å². The molecular weight excluding hydrogens is 402 g/mol. The number of thiazole rings is 1. The molecule has 0 saturated carbocycles. The molecule has 9 heteroatoms. The molecule has 2 aromatic carbocycles. The van der Waals surface area contributed by atoms with E-state index in [0.29, 0.717) is 18.2 Å². The van der Waals surface area contributed by atoms with Crippen LogP contribution in [0.5, 0.6) is 5.75 Å². The third-order valence-electron chi connectivity index (χ3n) is 4.93. The Hall–Kier alpha value is -3.33. The van der Waals surface area contributed by atoms with Crippen molar-refractivity contribution in [2.75, 3.05) is 50.1 Å². The van der Waals surface area contributed by atoms with E-state index in [9.17, 15) is 9.59 Å². The molecule has 0 aliphatic carbocycles. The van der Waals surface area contributed by atoms with Gasteiger partial charge >= 0.3 is 6.03 Å². The van der Waals surface area contributed by atoms with E-state index in [1.807, 2.05) is 36.4 Å². The lowest BCUT2D eigenvalue weighted by molar-refractivity contribution is -0.115. The molecule has 0 unspecified atom stereocenters. The Balaban J connectivity index is 1.24. The number of benzene rings is 2. The third-order valence-corrected chi connectivity index (χ3v) is 5.86. The van der Waals surface area contributed by atoms with Gasteiger partial charge in [0.15, 0.2) is 5.13 Å². The summed E-state index contributed by atoms with van der Waals surface area (Å²) >= 11 is 1.36. The molecule has 0 bridgehead atoms. The number of nitrogens with zero attached hydrogens (tertiary/aromatic N) is 3. The molecule has 3 aromatic rings. The van der Waals surface area contributed by atoms with Crippen molar-refractivity contribution in [3.8, 4) is 5.75 Å². The number of hydrogen-bond donors (Lipinski definition) is 2. The first-order valence-electron chi connectivity index (χ1n) is 9.69. The SMILES string of the molecule is COc1ccc2nc(NC(=O)CNC(=O)N3CCN(c4ccccc4)CC3)sc2c1. The molecule has 0 spiro atoms. The van der Waals surface area contributed by atoms with Gasteiger partial charge in [-0.15, -0.1) is 0 Å². The van der Waals surface area contributed by atoms with E-state index in [4.69, 9.17) is 4.74 Å². The van der Waals surface area contributed by atoms with Crippen LogP contribution in [0.25, 0.3) is 10.2 Å². The summed E-state index contributed by atoms with van der Waals surface area (Å²) in [6, 6.07) is 15.5. The third kappa shape index (κ3) is 4.62. The summed E-state index contributed by atoms with van der Waals surface area (Å²) in [6.07, 6.45) is 0. The first kappa shape index (κ1) is 20.0. The molecule has 1 aliphatic rings. The van der Waals surface area contributed by atoms with E-state index in [1.165, 1.54) is 11.3 Å². The second kappa shape index (κ2) is 9.00. The number of hydrogen-bond acceptors (Lipinski definition) is 6. The van der Waals surface area contributed by atoms with Crippen LogP contribution in [0.3, 0.4) is 0 Å². The molecule has 1 aliphatic heterocycles. The van der Waals surface area contributed by atoms with E-state index in [-0.39, 0.29) is 18.5 Å². The first-order chi connectivity index (χ1) is 14.6. The summed E-state index contributed by atoms with van der Waals surface area (Å²) in [5, 5.41) is 5.93. The summed E-state index contributed by atoms with van der Waals surface area (Å²) < 4.78 is 6.12. The first-order valence-corrected chi connectivity index (χ1v) is 10.5. The maximum Gasteiger partial charge on any atom is 0.317 e. The maximum absolute atomic E-state index is 12.4. The van der Waals surface area contributed by atoms with Crippen LogP contribution in [0.15, 0.2) is 48.5 Å². The Morgan fingerprint density at radius 3 is 2.60 bits per heavy atom. The molecule has 0 radical (unpaired) electrons. The quantitative estimate of drug-likeness (QED) is 0.657. The molecule has 1 fully saturated rings. The van der Waals surface area contributed by atoms with Gasteiger partial charge in [-0.25, -0.2) is 9.78 Å². The van der Waals surface area contributed by atoms with Crippen LogP contribution in [0, 0.1) is 0 Å². The van der Waals surface area contributed by atoms with E-state index in [0.717, 1.165) is 34.7 Å². The summed E-state index contributed by atoms with van der Waals surface area (Å²) in [6.45, 7) is 2.65. The number of methoxy groups -OCH3 is 1. The van der Waals surface area contributed by atoms with Crippen LogP contribution < -0.4 is 20.3 Å². The Morgan fingerprint density at radius 1 is 1.10 bits per heavy atom. The van der Waals surface area contributed by atoms with Crippen molar-refractivity contribution in [1.29, 1.82) is 0 Å². The second-order valence-corrected chi connectivity index (χ2v) is 7.90. The van der Waals surface area contributed by atoms with E-state index in [1.54, 1.807) is 12.0 Å². The van der Waals surface area contributed by atoms with Gasteiger partial charge in [0.2, 0.25) is 5.91 Å². The minimum absolute atomic E-state index is 0.100. The standard InChI is InChI=1S/C21H23N5O3S/c1-29-16-7-8-17-18(13-16)30-20(23-17)24-19(27)14-22-21(28)26-11-9-25(10-12-26)15-5-3-2-4-6-15/h2-8,13H,9-12,14H2,1H3,(H,22,28)(H,23,24,27). The smallest absolute Gasteiger partial charge is 0.317 e. The Morgan fingerprint density at radius 2 is 1.87 bits per heavy atom. The van der Waals surface area contributed by atoms with Gasteiger partial charge in [0.05, 0.1) is 23.9 Å². The number of carbonyl (C=O) groups excluding carboxylic acids is 2. The topological polar surface area (TPSA) is 86.8 Å². The van der Waals surface area contributed by atoms with Crippen LogP contribution in [-0.4, -0.2) is 61.7 Å². The van der Waals surface area contributed by atoms with Gasteiger partial charge in [-0.3, -0.25) is 4.79 Å².